The summed E-state index contributed by atoms with van der Waals surface area (Å²) in [5.41, 5.74) is 1.37. The first-order chi connectivity index (χ1) is 24.1. The molecule has 2 aromatic rings. The highest BCUT2D eigenvalue weighted by atomic mass is 16.4. The maximum absolute atomic E-state index is 13.8. The number of ketones is 1. The molecule has 276 valence electrons. The lowest BCUT2D eigenvalue weighted by Gasteiger charge is -2.27. The fourth-order valence-electron chi connectivity index (χ4n) is 5.07. The van der Waals surface area contributed by atoms with E-state index in [1.54, 1.807) is 81.4 Å². The first-order valence-electron chi connectivity index (χ1n) is 16.3. The van der Waals surface area contributed by atoms with Crippen LogP contribution in [0.15, 0.2) is 60.7 Å². The molecule has 2 aromatic carbocycles. The zero-order valence-corrected chi connectivity index (χ0v) is 28.6. The lowest BCUT2D eigenvalue weighted by atomic mass is 9.95. The molecule has 0 aliphatic heterocycles. The first-order valence-corrected chi connectivity index (χ1v) is 16.3. The van der Waals surface area contributed by atoms with E-state index in [4.69, 9.17) is 5.11 Å². The molecular formula is C35H45N5O11. The number of rotatable bonds is 22. The monoisotopic (exact) mass is 711 g/mol. The van der Waals surface area contributed by atoms with Gasteiger partial charge in [-0.3, -0.25) is 38.4 Å². The van der Waals surface area contributed by atoms with E-state index in [-0.39, 0.29) is 25.2 Å². The van der Waals surface area contributed by atoms with Crippen molar-refractivity contribution < 1.29 is 53.7 Å². The third-order valence-electron chi connectivity index (χ3n) is 7.60. The highest BCUT2D eigenvalue weighted by Gasteiger charge is 2.34. The molecule has 0 heterocycles. The van der Waals surface area contributed by atoms with Gasteiger partial charge in [-0.05, 0) is 24.1 Å². The lowest BCUT2D eigenvalue weighted by Crippen LogP contribution is -2.59. The van der Waals surface area contributed by atoms with Gasteiger partial charge in [-0.1, -0.05) is 81.4 Å². The summed E-state index contributed by atoms with van der Waals surface area (Å²) in [7, 11) is 0. The summed E-state index contributed by atoms with van der Waals surface area (Å²) >= 11 is 0. The van der Waals surface area contributed by atoms with E-state index in [0.29, 0.717) is 5.56 Å². The second-order valence-corrected chi connectivity index (χ2v) is 12.1. The second kappa shape index (κ2) is 20.8. The number of carbonyl (C=O) groups excluding carboxylic acids is 5. The molecule has 51 heavy (non-hydrogen) atoms. The molecule has 0 fully saturated rings. The molecule has 0 saturated heterocycles. The van der Waals surface area contributed by atoms with Crippen LogP contribution in [0.2, 0.25) is 0 Å². The predicted molar refractivity (Wildman–Crippen MR) is 182 cm³/mol. The van der Waals surface area contributed by atoms with Gasteiger partial charge in [0, 0.05) is 12.3 Å². The van der Waals surface area contributed by atoms with E-state index in [2.05, 4.69) is 26.6 Å². The molecule has 16 nitrogen and oxygen atoms in total. The minimum atomic E-state index is -1.85. The summed E-state index contributed by atoms with van der Waals surface area (Å²) in [5, 5.41) is 40.2. The number of hydrogen-bond acceptors (Lipinski definition) is 9. The van der Waals surface area contributed by atoms with Crippen molar-refractivity contribution in [2.24, 2.45) is 5.92 Å². The highest BCUT2D eigenvalue weighted by molar-refractivity contribution is 5.98. The molecule has 0 aliphatic carbocycles. The van der Waals surface area contributed by atoms with E-state index in [1.165, 1.54) is 0 Å². The van der Waals surface area contributed by atoms with E-state index in [9.17, 15) is 48.6 Å². The van der Waals surface area contributed by atoms with Crippen molar-refractivity contribution in [3.8, 4) is 0 Å². The topological polar surface area (TPSA) is 257 Å². The molecule has 0 saturated carbocycles. The Kier molecular flexibility index (Phi) is 16.9. The van der Waals surface area contributed by atoms with Crippen LogP contribution in [0, 0.1) is 5.92 Å². The number of aliphatic carboxylic acids is 3. The molecule has 8 N–H and O–H groups in total. The summed E-state index contributed by atoms with van der Waals surface area (Å²) in [4.78, 5) is 101. The lowest BCUT2D eigenvalue weighted by molar-refractivity contribution is -0.144. The first kappa shape index (κ1) is 41.5. The largest absolute Gasteiger partial charge is 0.481 e. The SMILES string of the molecule is CCNC(CC(=O)O)C(=O)NC(CC(=O)O)C(=O)NC(CC(=O)O)C(=O)NC(Cc1ccccc1)C(=O)NC(Cc1ccccc1)C(=O)C(C)C. The van der Waals surface area contributed by atoms with Gasteiger partial charge < -0.3 is 41.9 Å². The Bertz CT molecular complexity index is 1540. The van der Waals surface area contributed by atoms with Gasteiger partial charge in [-0.15, -0.1) is 0 Å². The predicted octanol–water partition coefficient (Wildman–Crippen LogP) is 0.0383. The molecule has 2 rings (SSSR count). The van der Waals surface area contributed by atoms with Crippen LogP contribution in [0.25, 0.3) is 0 Å². The molecule has 4 amide bonds. The number of benzene rings is 2. The quantitative estimate of drug-likeness (QED) is 0.0806. The number of hydrogen-bond donors (Lipinski definition) is 8. The van der Waals surface area contributed by atoms with Gasteiger partial charge in [-0.2, -0.15) is 0 Å². The minimum Gasteiger partial charge on any atom is -0.481 e. The van der Waals surface area contributed by atoms with E-state index >= 15 is 0 Å². The number of carboxylic acids is 3. The third kappa shape index (κ3) is 14.8. The molecule has 5 atom stereocenters. The molecule has 0 spiro atoms. The summed E-state index contributed by atoms with van der Waals surface area (Å²) in [5.74, 6) is -9.26. The summed E-state index contributed by atoms with van der Waals surface area (Å²) < 4.78 is 0. The molecule has 5 unspecified atom stereocenters. The van der Waals surface area contributed by atoms with E-state index in [1.807, 2.05) is 0 Å². The van der Waals surface area contributed by atoms with Gasteiger partial charge in [0.15, 0.2) is 5.78 Å². The Morgan fingerprint density at radius 2 is 0.843 bits per heavy atom. The Morgan fingerprint density at radius 1 is 0.510 bits per heavy atom. The van der Waals surface area contributed by atoms with Crippen molar-refractivity contribution in [3.63, 3.8) is 0 Å². The van der Waals surface area contributed by atoms with Crippen molar-refractivity contribution in [1.29, 1.82) is 0 Å². The molecule has 0 aromatic heterocycles. The van der Waals surface area contributed by atoms with E-state index in [0.717, 1.165) is 5.56 Å². The number of likely N-dealkylation sites (N-methyl/N-ethyl adjacent to an activating group) is 1. The van der Waals surface area contributed by atoms with Gasteiger partial charge in [-0.25, -0.2) is 0 Å². The smallest absolute Gasteiger partial charge is 0.305 e. The van der Waals surface area contributed by atoms with Crippen molar-refractivity contribution in [1.82, 2.24) is 26.6 Å². The maximum atomic E-state index is 13.8. The Balaban J connectivity index is 2.37. The van der Waals surface area contributed by atoms with Crippen LogP contribution in [-0.4, -0.2) is 99.4 Å². The second-order valence-electron chi connectivity index (χ2n) is 12.1. The number of Topliss-reactive ketones (excluding diaryl/α,β-unsaturated/α-hetero) is 1. The molecule has 16 heteroatoms. The van der Waals surface area contributed by atoms with Crippen molar-refractivity contribution in [3.05, 3.63) is 71.8 Å². The Labute approximate surface area is 294 Å². The van der Waals surface area contributed by atoms with Crippen LogP contribution in [0.3, 0.4) is 0 Å². The van der Waals surface area contributed by atoms with Crippen LogP contribution < -0.4 is 26.6 Å². The summed E-state index contributed by atoms with van der Waals surface area (Å²) in [6, 6.07) is 10.1. The van der Waals surface area contributed by atoms with Gasteiger partial charge in [0.1, 0.15) is 18.1 Å². The summed E-state index contributed by atoms with van der Waals surface area (Å²) in [6.45, 7) is 5.12. The Morgan fingerprint density at radius 3 is 1.24 bits per heavy atom. The fraction of sp³-hybridized carbons (Fsp3) is 0.429. The number of carboxylic acid groups (broad SMARTS) is 3. The van der Waals surface area contributed by atoms with Crippen LogP contribution in [0.4, 0.5) is 0 Å². The minimum absolute atomic E-state index is 0.0901. The van der Waals surface area contributed by atoms with E-state index < -0.39 is 96.9 Å². The molecule has 0 radical (unpaired) electrons. The van der Waals surface area contributed by atoms with Crippen molar-refractivity contribution in [2.45, 2.75) is 83.1 Å². The van der Waals surface area contributed by atoms with Gasteiger partial charge >= 0.3 is 17.9 Å². The number of nitrogens with one attached hydrogen (secondary N) is 5. The van der Waals surface area contributed by atoms with Crippen LogP contribution in [0.5, 0.6) is 0 Å². The number of amides is 4. The summed E-state index contributed by atoms with van der Waals surface area (Å²) in [6.07, 6.45) is -2.60. The molecule has 0 aliphatic rings. The number of carbonyl (C=O) groups is 8. The highest BCUT2D eigenvalue weighted by Crippen LogP contribution is 2.11. The normalized spacial score (nSPS) is 13.8. The standard InChI is InChI=1S/C35H45N5O11/c1-4-36-24(17-28(41)42)32(48)39-26(18-29(43)44)35(51)40-27(19-30(45)46)34(50)38-25(16-22-13-9-6-10-14-22)33(49)37-23(31(47)20(2)3)15-21-11-7-5-8-12-21/h5-14,20,23-27,36H,4,15-19H2,1-3H3,(H,37,49)(H,38,50)(H,39,48)(H,40,51)(H,41,42)(H,43,44)(H,45,46). The van der Waals surface area contributed by atoms with Gasteiger partial charge in [0.25, 0.3) is 0 Å². The Hall–Kier alpha value is -5.64. The average molecular weight is 712 g/mol. The van der Waals surface area contributed by atoms with Crippen molar-refractivity contribution in [2.75, 3.05) is 6.54 Å². The van der Waals surface area contributed by atoms with Gasteiger partial charge in [0.05, 0.1) is 31.3 Å². The molecular weight excluding hydrogens is 666 g/mol. The zero-order chi connectivity index (χ0) is 38.1. The zero-order valence-electron chi connectivity index (χ0n) is 28.6. The molecule has 0 bridgehead atoms. The van der Waals surface area contributed by atoms with Crippen LogP contribution >= 0.6 is 0 Å². The average Bonchev–Trinajstić information content (AvgIpc) is 3.06. The maximum Gasteiger partial charge on any atom is 0.305 e. The van der Waals surface area contributed by atoms with Crippen LogP contribution in [-0.2, 0) is 51.2 Å². The van der Waals surface area contributed by atoms with Crippen LogP contribution in [0.1, 0.15) is 51.2 Å². The van der Waals surface area contributed by atoms with Gasteiger partial charge in [0.2, 0.25) is 23.6 Å². The third-order valence-corrected chi connectivity index (χ3v) is 7.60. The fourth-order valence-corrected chi connectivity index (χ4v) is 5.07. The van der Waals surface area contributed by atoms with Crippen molar-refractivity contribution >= 4 is 47.3 Å².